The lowest BCUT2D eigenvalue weighted by Gasteiger charge is -2.04. The Morgan fingerprint density at radius 2 is 2.11 bits per heavy atom. The van der Waals surface area contributed by atoms with Crippen LogP contribution < -0.4 is 0 Å². The Kier molecular flexibility index (Phi) is 3.79. The van der Waals surface area contributed by atoms with E-state index in [1.807, 2.05) is 0 Å². The van der Waals surface area contributed by atoms with Crippen molar-refractivity contribution in [2.45, 2.75) is 6.42 Å². The predicted molar refractivity (Wildman–Crippen MR) is 63.1 cm³/mol. The van der Waals surface area contributed by atoms with Crippen LogP contribution in [0.15, 0.2) is 30.5 Å². The normalized spacial score (nSPS) is 10.3. The topological polar surface area (TPSA) is 52.1 Å². The Bertz CT molecular complexity index is 617. The molecule has 19 heavy (non-hydrogen) atoms. The van der Waals surface area contributed by atoms with E-state index in [1.54, 1.807) is 0 Å². The Balaban J connectivity index is 2.35. The van der Waals surface area contributed by atoms with Crippen molar-refractivity contribution in [3.8, 4) is 11.3 Å². The lowest BCUT2D eigenvalue weighted by atomic mass is 10.1. The zero-order chi connectivity index (χ0) is 13.8. The smallest absolute Gasteiger partial charge is 0.313 e. The maximum atomic E-state index is 13.6. The fourth-order valence-electron chi connectivity index (χ4n) is 1.53. The third kappa shape index (κ3) is 3.09. The maximum absolute atomic E-state index is 13.6. The van der Waals surface area contributed by atoms with E-state index in [1.165, 1.54) is 25.4 Å². The molecular weight excluding hydrogens is 254 g/mol. The average Bonchev–Trinajstić information content (AvgIpc) is 2.39. The largest absolute Gasteiger partial charge is 0.469 e. The molecule has 0 atom stereocenters. The van der Waals surface area contributed by atoms with Crippen LogP contribution >= 0.6 is 0 Å². The van der Waals surface area contributed by atoms with E-state index < -0.39 is 17.6 Å². The molecule has 0 saturated carbocycles. The number of rotatable bonds is 3. The molecule has 0 fully saturated rings. The molecule has 1 aromatic carbocycles. The third-order valence-corrected chi connectivity index (χ3v) is 2.44. The van der Waals surface area contributed by atoms with Gasteiger partial charge >= 0.3 is 5.97 Å². The molecule has 1 heterocycles. The number of ether oxygens (including phenoxy) is 1. The van der Waals surface area contributed by atoms with Crippen molar-refractivity contribution < 1.29 is 18.3 Å². The van der Waals surface area contributed by atoms with E-state index >= 15 is 0 Å². The van der Waals surface area contributed by atoms with E-state index in [2.05, 4.69) is 14.7 Å². The van der Waals surface area contributed by atoms with Gasteiger partial charge in [0.25, 0.3) is 0 Å². The summed E-state index contributed by atoms with van der Waals surface area (Å²) in [5.41, 5.74) is 0.432. The molecule has 1 aromatic heterocycles. The molecule has 0 aliphatic heterocycles. The fourth-order valence-corrected chi connectivity index (χ4v) is 1.53. The molecule has 0 N–H and O–H groups in total. The summed E-state index contributed by atoms with van der Waals surface area (Å²) in [7, 11) is 1.26. The molecular formula is C13H10F2N2O2. The van der Waals surface area contributed by atoms with Gasteiger partial charge in [-0.05, 0) is 18.2 Å². The molecule has 0 amide bonds. The second-order valence-corrected chi connectivity index (χ2v) is 3.74. The van der Waals surface area contributed by atoms with Crippen LogP contribution in [0.25, 0.3) is 11.3 Å². The molecule has 4 nitrogen and oxygen atoms in total. The minimum absolute atomic E-state index is 0.104. The molecule has 0 unspecified atom stereocenters. The number of benzene rings is 1. The number of esters is 1. The molecule has 0 aliphatic carbocycles. The van der Waals surface area contributed by atoms with E-state index in [-0.39, 0.29) is 23.5 Å². The summed E-state index contributed by atoms with van der Waals surface area (Å²) in [6.07, 6.45) is 1.30. The van der Waals surface area contributed by atoms with E-state index in [4.69, 9.17) is 0 Å². The number of hydrogen-bond acceptors (Lipinski definition) is 4. The summed E-state index contributed by atoms with van der Waals surface area (Å²) in [6.45, 7) is 0. The Hall–Kier alpha value is -2.37. The summed E-state index contributed by atoms with van der Waals surface area (Å²) >= 11 is 0. The molecule has 98 valence electrons. The first-order chi connectivity index (χ1) is 9.10. The van der Waals surface area contributed by atoms with E-state index in [9.17, 15) is 13.6 Å². The van der Waals surface area contributed by atoms with Crippen LogP contribution in [0.5, 0.6) is 0 Å². The molecule has 2 rings (SSSR count). The lowest BCUT2D eigenvalue weighted by Crippen LogP contribution is -2.08. The average molecular weight is 264 g/mol. The first-order valence-electron chi connectivity index (χ1n) is 5.44. The highest BCUT2D eigenvalue weighted by atomic mass is 19.1. The summed E-state index contributed by atoms with van der Waals surface area (Å²) < 4.78 is 30.9. The number of carbonyl (C=O) groups is 1. The summed E-state index contributed by atoms with van der Waals surface area (Å²) in [6, 6.07) is 4.68. The van der Waals surface area contributed by atoms with Crippen molar-refractivity contribution in [1.82, 2.24) is 9.97 Å². The minimum Gasteiger partial charge on any atom is -0.469 e. The monoisotopic (exact) mass is 264 g/mol. The third-order valence-electron chi connectivity index (χ3n) is 2.44. The number of carbonyl (C=O) groups excluding carboxylic acids is 1. The number of hydrogen-bond donors (Lipinski definition) is 0. The van der Waals surface area contributed by atoms with Gasteiger partial charge in [-0.15, -0.1) is 0 Å². The number of nitrogens with zero attached hydrogens (tertiary/aromatic N) is 2. The van der Waals surface area contributed by atoms with Crippen LogP contribution in [0.4, 0.5) is 8.78 Å². The van der Waals surface area contributed by atoms with Gasteiger partial charge in [0.2, 0.25) is 0 Å². The van der Waals surface area contributed by atoms with Gasteiger partial charge in [-0.1, -0.05) is 0 Å². The highest BCUT2D eigenvalue weighted by Gasteiger charge is 2.11. The van der Waals surface area contributed by atoms with Gasteiger partial charge in [0.05, 0.1) is 12.8 Å². The van der Waals surface area contributed by atoms with Crippen molar-refractivity contribution in [1.29, 1.82) is 0 Å². The molecule has 0 bridgehead atoms. The Morgan fingerprint density at radius 1 is 1.32 bits per heavy atom. The first kappa shape index (κ1) is 13.1. The Labute approximate surface area is 108 Å². The first-order valence-corrected chi connectivity index (χ1v) is 5.44. The number of halogens is 2. The van der Waals surface area contributed by atoms with Gasteiger partial charge in [-0.2, -0.15) is 0 Å². The predicted octanol–water partition coefficient (Wildman–Crippen LogP) is 2.14. The molecule has 0 saturated heterocycles. The SMILES string of the molecule is COC(=O)Cc1nccc(-c2ccc(F)cc2F)n1. The van der Waals surface area contributed by atoms with Gasteiger partial charge < -0.3 is 4.74 Å². The standard InChI is InChI=1S/C13H10F2N2O2/c1-19-13(18)7-12-16-5-4-11(17-12)9-3-2-8(14)6-10(9)15/h2-6H,7H2,1H3. The van der Waals surface area contributed by atoms with Crippen molar-refractivity contribution in [3.63, 3.8) is 0 Å². The maximum Gasteiger partial charge on any atom is 0.313 e. The summed E-state index contributed by atoms with van der Waals surface area (Å²) in [4.78, 5) is 19.1. The molecule has 0 radical (unpaired) electrons. The summed E-state index contributed by atoms with van der Waals surface area (Å²) in [5, 5.41) is 0. The van der Waals surface area contributed by atoms with Crippen LogP contribution in [0.3, 0.4) is 0 Å². The van der Waals surface area contributed by atoms with Gasteiger partial charge in [-0.25, -0.2) is 18.7 Å². The fraction of sp³-hybridized carbons (Fsp3) is 0.154. The van der Waals surface area contributed by atoms with Gasteiger partial charge in [0.1, 0.15) is 23.9 Å². The van der Waals surface area contributed by atoms with Gasteiger partial charge in [0.15, 0.2) is 0 Å². The van der Waals surface area contributed by atoms with Crippen LogP contribution in [0, 0.1) is 11.6 Å². The van der Waals surface area contributed by atoms with Crippen molar-refractivity contribution in [2.24, 2.45) is 0 Å². The Morgan fingerprint density at radius 3 is 2.79 bits per heavy atom. The highest BCUT2D eigenvalue weighted by molar-refractivity contribution is 5.71. The second-order valence-electron chi connectivity index (χ2n) is 3.74. The van der Waals surface area contributed by atoms with Crippen LogP contribution in [0.1, 0.15) is 5.82 Å². The zero-order valence-corrected chi connectivity index (χ0v) is 10.1. The van der Waals surface area contributed by atoms with Crippen molar-refractivity contribution in [2.75, 3.05) is 7.11 Å². The molecule has 0 aliphatic rings. The highest BCUT2D eigenvalue weighted by Crippen LogP contribution is 2.21. The number of aromatic nitrogens is 2. The minimum atomic E-state index is -0.720. The lowest BCUT2D eigenvalue weighted by molar-refractivity contribution is -0.139. The summed E-state index contributed by atoms with van der Waals surface area (Å²) in [5.74, 6) is -1.65. The van der Waals surface area contributed by atoms with Crippen molar-refractivity contribution >= 4 is 5.97 Å². The van der Waals surface area contributed by atoms with Gasteiger partial charge in [-0.3, -0.25) is 4.79 Å². The molecule has 0 spiro atoms. The van der Waals surface area contributed by atoms with Crippen molar-refractivity contribution in [3.05, 3.63) is 47.9 Å². The van der Waals surface area contributed by atoms with Crippen LogP contribution in [-0.4, -0.2) is 23.0 Å². The molecule has 2 aromatic rings. The van der Waals surface area contributed by atoms with Crippen LogP contribution in [0.2, 0.25) is 0 Å². The molecule has 6 heteroatoms. The second kappa shape index (κ2) is 5.51. The number of methoxy groups -OCH3 is 1. The van der Waals surface area contributed by atoms with E-state index in [0.717, 1.165) is 12.1 Å². The van der Waals surface area contributed by atoms with Gasteiger partial charge in [0, 0.05) is 17.8 Å². The van der Waals surface area contributed by atoms with Crippen LogP contribution in [-0.2, 0) is 16.0 Å². The van der Waals surface area contributed by atoms with E-state index in [0.29, 0.717) is 0 Å². The zero-order valence-electron chi connectivity index (χ0n) is 10.1. The quantitative estimate of drug-likeness (QED) is 0.797.